The summed E-state index contributed by atoms with van der Waals surface area (Å²) in [5.74, 6) is 0. The third-order valence-corrected chi connectivity index (χ3v) is 8.43. The molecule has 0 unspecified atom stereocenters. The van der Waals surface area contributed by atoms with Crippen molar-refractivity contribution in [1.82, 2.24) is 0 Å². The average Bonchev–Trinajstić information content (AvgIpc) is 3.07. The van der Waals surface area contributed by atoms with Gasteiger partial charge in [-0.25, -0.2) is 0 Å². The zero-order valence-corrected chi connectivity index (χ0v) is 23.2. The predicted molar refractivity (Wildman–Crippen MR) is 181 cm³/mol. The van der Waals surface area contributed by atoms with E-state index in [0.29, 0.717) is 0 Å². The molecule has 0 saturated heterocycles. The minimum Gasteiger partial charge on any atom is -0.0622 e. The first kappa shape index (κ1) is 24.3. The lowest BCUT2D eigenvalue weighted by atomic mass is 9.82. The first-order valence-electron chi connectivity index (χ1n) is 14.5. The summed E-state index contributed by atoms with van der Waals surface area (Å²) in [6.07, 6.45) is 0. The third-order valence-electron chi connectivity index (χ3n) is 8.43. The molecule has 196 valence electrons. The van der Waals surface area contributed by atoms with Gasteiger partial charge in [-0.3, -0.25) is 0 Å². The second-order valence-corrected chi connectivity index (χ2v) is 10.9. The Morgan fingerprint density at radius 1 is 0.238 bits per heavy atom. The molecule has 0 aromatic heterocycles. The van der Waals surface area contributed by atoms with Crippen LogP contribution in [0.5, 0.6) is 0 Å². The van der Waals surface area contributed by atoms with Crippen LogP contribution in [-0.4, -0.2) is 0 Å². The van der Waals surface area contributed by atoms with E-state index < -0.39 is 0 Å². The summed E-state index contributed by atoms with van der Waals surface area (Å²) >= 11 is 0. The van der Waals surface area contributed by atoms with Gasteiger partial charge in [0.15, 0.2) is 0 Å². The first-order valence-corrected chi connectivity index (χ1v) is 14.5. The topological polar surface area (TPSA) is 0 Å². The van der Waals surface area contributed by atoms with Crippen LogP contribution in [0.2, 0.25) is 0 Å². The fourth-order valence-electron chi connectivity index (χ4n) is 6.52. The zero-order chi connectivity index (χ0) is 27.9. The average molecular weight is 533 g/mol. The smallest absolute Gasteiger partial charge is 0.00199 e. The molecule has 0 aliphatic carbocycles. The van der Waals surface area contributed by atoms with Crippen molar-refractivity contribution in [2.45, 2.75) is 0 Å². The molecule has 0 heteroatoms. The van der Waals surface area contributed by atoms with Crippen LogP contribution in [0.3, 0.4) is 0 Å². The molecule has 0 nitrogen and oxygen atoms in total. The van der Waals surface area contributed by atoms with Crippen LogP contribution in [0.4, 0.5) is 0 Å². The van der Waals surface area contributed by atoms with Gasteiger partial charge < -0.3 is 0 Å². The monoisotopic (exact) mass is 532 g/mol. The van der Waals surface area contributed by atoms with Crippen molar-refractivity contribution in [2.75, 3.05) is 0 Å². The molecule has 8 rings (SSSR count). The third kappa shape index (κ3) is 4.08. The predicted octanol–water partition coefficient (Wildman–Crippen LogP) is 11.8. The normalized spacial score (nSPS) is 11.3. The van der Waals surface area contributed by atoms with Crippen LogP contribution >= 0.6 is 0 Å². The van der Waals surface area contributed by atoms with Crippen molar-refractivity contribution >= 4 is 32.3 Å². The van der Waals surface area contributed by atoms with Crippen LogP contribution in [0.1, 0.15) is 0 Å². The Kier molecular flexibility index (Phi) is 5.90. The zero-order valence-electron chi connectivity index (χ0n) is 23.2. The second kappa shape index (κ2) is 10.2. The molecule has 0 N–H and O–H groups in total. The fourth-order valence-corrected chi connectivity index (χ4v) is 6.52. The standard InChI is InChI=1S/C42H28/c1-3-14-29(15-4-1)31-20-13-21-34(26-31)41-37-24-11-12-25-38(37)42(40-28-33-19-8-7-18-32(33)27-39(40)41)36-23-10-9-22-35(36)30-16-5-2-6-17-30/h1-28H. The molecule has 0 spiro atoms. The van der Waals surface area contributed by atoms with Crippen LogP contribution < -0.4 is 0 Å². The summed E-state index contributed by atoms with van der Waals surface area (Å²) in [6.45, 7) is 0. The van der Waals surface area contributed by atoms with Crippen molar-refractivity contribution < 1.29 is 0 Å². The Balaban J connectivity index is 1.52. The highest BCUT2D eigenvalue weighted by Gasteiger charge is 2.19. The van der Waals surface area contributed by atoms with Crippen LogP contribution in [0.25, 0.3) is 76.8 Å². The molecule has 0 aliphatic heterocycles. The van der Waals surface area contributed by atoms with Gasteiger partial charge in [-0.1, -0.05) is 152 Å². The van der Waals surface area contributed by atoms with E-state index >= 15 is 0 Å². The SMILES string of the molecule is c1ccc(-c2cccc(-c3c4ccccc4c(-c4ccccc4-c4ccccc4)c4cc5ccccc5cc34)c2)cc1. The Morgan fingerprint density at radius 2 is 0.714 bits per heavy atom. The molecule has 42 heavy (non-hydrogen) atoms. The van der Waals surface area contributed by atoms with E-state index in [0.717, 1.165) is 0 Å². The van der Waals surface area contributed by atoms with Crippen molar-refractivity contribution in [3.8, 4) is 44.5 Å². The highest BCUT2D eigenvalue weighted by Crippen LogP contribution is 2.47. The lowest BCUT2D eigenvalue weighted by Crippen LogP contribution is -1.93. The first-order chi connectivity index (χ1) is 20.8. The number of hydrogen-bond donors (Lipinski definition) is 0. The molecular formula is C42H28. The van der Waals surface area contributed by atoms with Gasteiger partial charge in [0, 0.05) is 0 Å². The van der Waals surface area contributed by atoms with Crippen LogP contribution in [-0.2, 0) is 0 Å². The van der Waals surface area contributed by atoms with Crippen molar-refractivity contribution in [3.05, 3.63) is 170 Å². The largest absolute Gasteiger partial charge is 0.0622 e. The van der Waals surface area contributed by atoms with Crippen molar-refractivity contribution in [3.63, 3.8) is 0 Å². The number of benzene rings is 8. The van der Waals surface area contributed by atoms with E-state index in [1.54, 1.807) is 0 Å². The van der Waals surface area contributed by atoms with Crippen molar-refractivity contribution in [2.24, 2.45) is 0 Å². The van der Waals surface area contributed by atoms with E-state index in [-0.39, 0.29) is 0 Å². The van der Waals surface area contributed by atoms with Gasteiger partial charge in [-0.2, -0.15) is 0 Å². The van der Waals surface area contributed by atoms with Gasteiger partial charge in [0.1, 0.15) is 0 Å². The minimum atomic E-state index is 1.23. The van der Waals surface area contributed by atoms with Gasteiger partial charge in [-0.15, -0.1) is 0 Å². The summed E-state index contributed by atoms with van der Waals surface area (Å²) in [6, 6.07) is 61.8. The van der Waals surface area contributed by atoms with E-state index in [1.807, 2.05) is 0 Å². The molecular weight excluding hydrogens is 504 g/mol. The molecule has 0 amide bonds. The maximum atomic E-state index is 2.40. The lowest BCUT2D eigenvalue weighted by molar-refractivity contribution is 1.60. The molecule has 0 saturated carbocycles. The van der Waals surface area contributed by atoms with Crippen molar-refractivity contribution in [1.29, 1.82) is 0 Å². The van der Waals surface area contributed by atoms with E-state index in [2.05, 4.69) is 170 Å². The van der Waals surface area contributed by atoms with E-state index in [9.17, 15) is 0 Å². The molecule has 0 heterocycles. The molecule has 0 atom stereocenters. The summed E-state index contributed by atoms with van der Waals surface area (Å²) in [5, 5.41) is 7.59. The van der Waals surface area contributed by atoms with Gasteiger partial charge in [0.05, 0.1) is 0 Å². The van der Waals surface area contributed by atoms with Gasteiger partial charge in [0.25, 0.3) is 0 Å². The maximum Gasteiger partial charge on any atom is -0.00199 e. The number of fused-ring (bicyclic) bond motifs is 3. The Bertz CT molecular complexity index is 2220. The quantitative estimate of drug-likeness (QED) is 0.198. The van der Waals surface area contributed by atoms with E-state index in [1.165, 1.54) is 76.8 Å². The Morgan fingerprint density at radius 3 is 1.40 bits per heavy atom. The summed E-state index contributed by atoms with van der Waals surface area (Å²) < 4.78 is 0. The second-order valence-electron chi connectivity index (χ2n) is 10.9. The molecule has 8 aromatic carbocycles. The minimum absolute atomic E-state index is 1.23. The number of hydrogen-bond acceptors (Lipinski definition) is 0. The molecule has 0 fully saturated rings. The summed E-state index contributed by atoms with van der Waals surface area (Å²) in [7, 11) is 0. The van der Waals surface area contributed by atoms with Gasteiger partial charge >= 0.3 is 0 Å². The Hall–Kier alpha value is -5.46. The summed E-state index contributed by atoms with van der Waals surface area (Å²) in [5.41, 5.74) is 9.98. The summed E-state index contributed by atoms with van der Waals surface area (Å²) in [4.78, 5) is 0. The molecule has 0 radical (unpaired) electrons. The van der Waals surface area contributed by atoms with Crippen LogP contribution in [0, 0.1) is 0 Å². The highest BCUT2D eigenvalue weighted by molar-refractivity contribution is 6.24. The maximum absolute atomic E-state index is 2.40. The van der Waals surface area contributed by atoms with Gasteiger partial charge in [-0.05, 0) is 95.0 Å². The highest BCUT2D eigenvalue weighted by atomic mass is 14.2. The fraction of sp³-hybridized carbons (Fsp3) is 0. The van der Waals surface area contributed by atoms with E-state index in [4.69, 9.17) is 0 Å². The lowest BCUT2D eigenvalue weighted by Gasteiger charge is -2.20. The van der Waals surface area contributed by atoms with Gasteiger partial charge in [0.2, 0.25) is 0 Å². The molecule has 0 bridgehead atoms. The van der Waals surface area contributed by atoms with Crippen LogP contribution in [0.15, 0.2) is 170 Å². The Labute approximate surface area is 246 Å². The number of rotatable bonds is 4. The molecule has 8 aromatic rings. The molecule has 0 aliphatic rings.